The highest BCUT2D eigenvalue weighted by Crippen LogP contribution is 2.37. The summed E-state index contributed by atoms with van der Waals surface area (Å²) in [7, 11) is -3.78. The van der Waals surface area contributed by atoms with E-state index in [4.69, 9.17) is 44.3 Å². The average Bonchev–Trinajstić information content (AvgIpc) is 2.67. The summed E-state index contributed by atoms with van der Waals surface area (Å²) in [6, 6.07) is 8.90. The van der Waals surface area contributed by atoms with Crippen LogP contribution in [0.2, 0.25) is 10.0 Å². The molecule has 28 heavy (non-hydrogen) atoms. The molecule has 0 aliphatic carbocycles. The molecule has 0 heterocycles. The number of ether oxygens (including phenoxy) is 2. The minimum absolute atomic E-state index is 0.00852. The van der Waals surface area contributed by atoms with Crippen LogP contribution in [0, 0.1) is 5.92 Å². The topological polar surface area (TPSA) is 52.6 Å². The summed E-state index contributed by atoms with van der Waals surface area (Å²) in [6.07, 6.45) is 1.66. The summed E-state index contributed by atoms with van der Waals surface area (Å²) < 4.78 is 37.0. The largest absolute Gasteiger partial charge is 0.494 e. The number of rotatable bonds is 10. The Morgan fingerprint density at radius 2 is 1.61 bits per heavy atom. The van der Waals surface area contributed by atoms with E-state index in [1.807, 2.05) is 6.92 Å². The Labute approximate surface area is 181 Å². The van der Waals surface area contributed by atoms with Crippen molar-refractivity contribution in [1.29, 1.82) is 0 Å². The van der Waals surface area contributed by atoms with Gasteiger partial charge in [-0.1, -0.05) is 43.5 Å². The van der Waals surface area contributed by atoms with Gasteiger partial charge < -0.3 is 9.47 Å². The first kappa shape index (κ1) is 23.1. The second kappa shape index (κ2) is 10.6. The molecule has 0 bridgehead atoms. The van der Waals surface area contributed by atoms with Gasteiger partial charge in [-0.05, 0) is 48.7 Å². The summed E-state index contributed by atoms with van der Waals surface area (Å²) >= 11 is 18.1. The number of halogens is 3. The number of benzene rings is 2. The van der Waals surface area contributed by atoms with E-state index in [0.717, 1.165) is 6.42 Å². The van der Waals surface area contributed by atoms with Gasteiger partial charge in [0.1, 0.15) is 5.75 Å². The quantitative estimate of drug-likeness (QED) is 0.307. The molecule has 2 aromatic carbocycles. The van der Waals surface area contributed by atoms with Gasteiger partial charge in [-0.15, -0.1) is 11.6 Å². The molecule has 0 fully saturated rings. The third kappa shape index (κ3) is 5.93. The van der Waals surface area contributed by atoms with Gasteiger partial charge in [-0.2, -0.15) is 0 Å². The van der Waals surface area contributed by atoms with Crippen molar-refractivity contribution in [2.45, 2.75) is 36.5 Å². The lowest BCUT2D eigenvalue weighted by Gasteiger charge is -2.15. The highest BCUT2D eigenvalue weighted by Gasteiger charge is 2.22. The van der Waals surface area contributed by atoms with Crippen LogP contribution in [0.5, 0.6) is 11.5 Å². The molecule has 0 amide bonds. The van der Waals surface area contributed by atoms with Crippen LogP contribution in [0.3, 0.4) is 0 Å². The van der Waals surface area contributed by atoms with Gasteiger partial charge in [0.25, 0.3) is 0 Å². The van der Waals surface area contributed by atoms with Crippen LogP contribution < -0.4 is 9.47 Å². The lowest BCUT2D eigenvalue weighted by atomic mass is 10.1. The zero-order chi connectivity index (χ0) is 20.7. The minimum Gasteiger partial charge on any atom is -0.494 e. The second-order valence-corrected chi connectivity index (χ2v) is 9.55. The van der Waals surface area contributed by atoms with Crippen LogP contribution in [0.25, 0.3) is 0 Å². The fourth-order valence-corrected chi connectivity index (χ4v) is 4.42. The van der Waals surface area contributed by atoms with Gasteiger partial charge in [-0.3, -0.25) is 0 Å². The van der Waals surface area contributed by atoms with E-state index in [-0.39, 0.29) is 19.8 Å². The Bertz CT molecular complexity index is 860. The third-order valence-electron chi connectivity index (χ3n) is 4.17. The van der Waals surface area contributed by atoms with Crippen molar-refractivity contribution < 1.29 is 17.9 Å². The molecule has 0 N–H and O–H groups in total. The fraction of sp³-hybridized carbons (Fsp3) is 0.400. The van der Waals surface area contributed by atoms with E-state index in [1.165, 1.54) is 24.3 Å². The maximum Gasteiger partial charge on any atom is 0.206 e. The first-order valence-corrected chi connectivity index (χ1v) is 11.7. The molecule has 1 atom stereocenters. The minimum atomic E-state index is -3.78. The van der Waals surface area contributed by atoms with Crippen LogP contribution in [0.1, 0.15) is 26.7 Å². The maximum absolute atomic E-state index is 12.9. The smallest absolute Gasteiger partial charge is 0.206 e. The van der Waals surface area contributed by atoms with E-state index >= 15 is 0 Å². The Balaban J connectivity index is 2.23. The number of hydrogen-bond acceptors (Lipinski definition) is 4. The molecule has 0 aromatic heterocycles. The first-order valence-electron chi connectivity index (χ1n) is 8.95. The Kier molecular flexibility index (Phi) is 8.75. The van der Waals surface area contributed by atoms with Gasteiger partial charge in [0.15, 0.2) is 5.75 Å². The molecule has 2 rings (SSSR count). The van der Waals surface area contributed by atoms with Crippen LogP contribution in [0.4, 0.5) is 0 Å². The van der Waals surface area contributed by atoms with Crippen LogP contribution in [0.15, 0.2) is 46.2 Å². The second-order valence-electron chi connectivity index (χ2n) is 6.41. The SMILES string of the molecule is CCC(C)COc1c(Cl)cc(S(=O)(=O)c2ccc(OCCCCl)cc2)cc1Cl. The van der Waals surface area contributed by atoms with E-state index in [9.17, 15) is 8.42 Å². The molecule has 0 aliphatic heterocycles. The predicted molar refractivity (Wildman–Crippen MR) is 114 cm³/mol. The summed E-state index contributed by atoms with van der Waals surface area (Å²) in [4.78, 5) is 0.131. The molecule has 0 spiro atoms. The van der Waals surface area contributed by atoms with Gasteiger partial charge in [0.05, 0.1) is 33.0 Å². The number of sulfone groups is 1. The van der Waals surface area contributed by atoms with Crippen molar-refractivity contribution in [3.8, 4) is 11.5 Å². The molecule has 154 valence electrons. The molecule has 0 saturated heterocycles. The van der Waals surface area contributed by atoms with E-state index in [0.29, 0.717) is 42.9 Å². The maximum atomic E-state index is 12.9. The third-order valence-corrected chi connectivity index (χ3v) is 6.75. The molecular weight excluding hydrogens is 443 g/mol. The number of hydrogen-bond donors (Lipinski definition) is 0. The standard InChI is InChI=1S/C20H23Cl3O4S/c1-3-14(2)13-27-20-18(22)11-17(12-19(20)23)28(24,25)16-7-5-15(6-8-16)26-10-4-9-21/h5-8,11-12,14H,3-4,9-10,13H2,1-2H3. The van der Waals surface area contributed by atoms with Gasteiger partial charge in [-0.25, -0.2) is 8.42 Å². The fourth-order valence-electron chi connectivity index (χ4n) is 2.27. The lowest BCUT2D eigenvalue weighted by molar-refractivity contribution is 0.257. The van der Waals surface area contributed by atoms with Crippen molar-refractivity contribution in [2.24, 2.45) is 5.92 Å². The predicted octanol–water partition coefficient (Wildman–Crippen LogP) is 6.26. The lowest BCUT2D eigenvalue weighted by Crippen LogP contribution is -2.08. The zero-order valence-corrected chi connectivity index (χ0v) is 18.8. The van der Waals surface area contributed by atoms with Crippen molar-refractivity contribution in [3.05, 3.63) is 46.4 Å². The molecule has 0 radical (unpaired) electrons. The van der Waals surface area contributed by atoms with Crippen LogP contribution >= 0.6 is 34.8 Å². The van der Waals surface area contributed by atoms with Gasteiger partial charge in [0, 0.05) is 5.88 Å². The highest BCUT2D eigenvalue weighted by atomic mass is 35.5. The summed E-state index contributed by atoms with van der Waals surface area (Å²) in [5.41, 5.74) is 0. The normalized spacial score (nSPS) is 12.6. The van der Waals surface area contributed by atoms with Crippen molar-refractivity contribution in [2.75, 3.05) is 19.1 Å². The van der Waals surface area contributed by atoms with Crippen LogP contribution in [-0.2, 0) is 9.84 Å². The molecule has 0 saturated carbocycles. The van der Waals surface area contributed by atoms with E-state index < -0.39 is 9.84 Å². The molecule has 4 nitrogen and oxygen atoms in total. The van der Waals surface area contributed by atoms with Crippen molar-refractivity contribution >= 4 is 44.6 Å². The Morgan fingerprint density at radius 1 is 1.00 bits per heavy atom. The van der Waals surface area contributed by atoms with Crippen LogP contribution in [-0.4, -0.2) is 27.5 Å². The summed E-state index contributed by atoms with van der Waals surface area (Å²) in [6.45, 7) is 5.02. The molecule has 2 aromatic rings. The van der Waals surface area contributed by atoms with Gasteiger partial charge >= 0.3 is 0 Å². The van der Waals surface area contributed by atoms with Crippen molar-refractivity contribution in [1.82, 2.24) is 0 Å². The van der Waals surface area contributed by atoms with Crippen molar-refractivity contribution in [3.63, 3.8) is 0 Å². The molecule has 8 heteroatoms. The molecular formula is C20H23Cl3O4S. The monoisotopic (exact) mass is 464 g/mol. The Morgan fingerprint density at radius 3 is 2.14 bits per heavy atom. The zero-order valence-electron chi connectivity index (χ0n) is 15.8. The highest BCUT2D eigenvalue weighted by molar-refractivity contribution is 7.91. The summed E-state index contributed by atoms with van der Waals surface area (Å²) in [5, 5.41) is 0.325. The number of alkyl halides is 1. The molecule has 1 unspecified atom stereocenters. The van der Waals surface area contributed by atoms with Gasteiger partial charge in [0.2, 0.25) is 9.84 Å². The average molecular weight is 466 g/mol. The summed E-state index contributed by atoms with van der Waals surface area (Å²) in [5.74, 6) is 1.71. The molecule has 0 aliphatic rings. The first-order chi connectivity index (χ1) is 13.3. The van der Waals surface area contributed by atoms with E-state index in [1.54, 1.807) is 12.1 Å². The van der Waals surface area contributed by atoms with E-state index in [2.05, 4.69) is 6.92 Å². The Hall–Kier alpha value is -1.14.